The summed E-state index contributed by atoms with van der Waals surface area (Å²) in [6.45, 7) is 0. The SMILES string of the molecule is Nc1ccc2nc(Oc3ccccc3C(F)(F)F)[nH]c2c1. The Kier molecular flexibility index (Phi) is 2.97. The number of nitrogens with zero attached hydrogens (tertiary/aromatic N) is 1. The van der Waals surface area contributed by atoms with Crippen LogP contribution in [-0.2, 0) is 6.18 Å². The Bertz CT molecular complexity index is 796. The van der Waals surface area contributed by atoms with E-state index in [0.717, 1.165) is 6.07 Å². The molecule has 7 heteroatoms. The van der Waals surface area contributed by atoms with Crippen LogP contribution in [-0.4, -0.2) is 9.97 Å². The second-order valence-electron chi connectivity index (χ2n) is 4.41. The minimum absolute atomic E-state index is 0.0210. The van der Waals surface area contributed by atoms with Gasteiger partial charge in [0.15, 0.2) is 0 Å². The highest BCUT2D eigenvalue weighted by Gasteiger charge is 2.34. The Balaban J connectivity index is 1.99. The molecule has 0 amide bonds. The minimum Gasteiger partial charge on any atom is -0.425 e. The predicted molar refractivity (Wildman–Crippen MR) is 72.0 cm³/mol. The van der Waals surface area contributed by atoms with Crippen LogP contribution >= 0.6 is 0 Å². The van der Waals surface area contributed by atoms with Gasteiger partial charge in [-0.3, -0.25) is 0 Å². The second kappa shape index (κ2) is 4.69. The van der Waals surface area contributed by atoms with Crippen molar-refractivity contribution in [1.82, 2.24) is 9.97 Å². The Morgan fingerprint density at radius 3 is 2.62 bits per heavy atom. The zero-order valence-electron chi connectivity index (χ0n) is 10.6. The lowest BCUT2D eigenvalue weighted by Gasteiger charge is -2.11. The molecule has 0 saturated heterocycles. The van der Waals surface area contributed by atoms with Gasteiger partial charge in [0, 0.05) is 5.69 Å². The summed E-state index contributed by atoms with van der Waals surface area (Å²) in [5.74, 6) is -0.308. The molecule has 0 radical (unpaired) electrons. The third kappa shape index (κ3) is 2.62. The van der Waals surface area contributed by atoms with Crippen molar-refractivity contribution in [3.63, 3.8) is 0 Å². The molecule has 0 aliphatic rings. The van der Waals surface area contributed by atoms with Gasteiger partial charge in [0.05, 0.1) is 16.6 Å². The van der Waals surface area contributed by atoms with Crippen molar-refractivity contribution in [2.24, 2.45) is 0 Å². The number of para-hydroxylation sites is 1. The summed E-state index contributed by atoms with van der Waals surface area (Å²) in [5.41, 5.74) is 6.45. The highest BCUT2D eigenvalue weighted by Crippen LogP contribution is 2.37. The molecule has 3 rings (SSSR count). The molecular formula is C14H10F3N3O. The van der Waals surface area contributed by atoms with E-state index in [-0.39, 0.29) is 11.8 Å². The Hall–Kier alpha value is -2.70. The first-order chi connectivity index (χ1) is 9.93. The Morgan fingerprint density at radius 1 is 1.10 bits per heavy atom. The van der Waals surface area contributed by atoms with Crippen LogP contribution in [0.1, 0.15) is 5.56 Å². The van der Waals surface area contributed by atoms with E-state index in [4.69, 9.17) is 10.5 Å². The number of nitrogens with two attached hydrogens (primary N) is 1. The number of anilines is 1. The van der Waals surface area contributed by atoms with E-state index >= 15 is 0 Å². The third-order valence-corrected chi connectivity index (χ3v) is 2.88. The number of aromatic nitrogens is 2. The van der Waals surface area contributed by atoms with E-state index in [9.17, 15) is 13.2 Å². The number of H-pyrrole nitrogens is 1. The molecule has 21 heavy (non-hydrogen) atoms. The average Bonchev–Trinajstić information content (AvgIpc) is 2.79. The summed E-state index contributed by atoms with van der Waals surface area (Å²) < 4.78 is 43.9. The normalized spacial score (nSPS) is 11.8. The third-order valence-electron chi connectivity index (χ3n) is 2.88. The van der Waals surface area contributed by atoms with Gasteiger partial charge in [-0.1, -0.05) is 12.1 Å². The molecule has 0 unspecified atom stereocenters. The summed E-state index contributed by atoms with van der Waals surface area (Å²) in [7, 11) is 0. The summed E-state index contributed by atoms with van der Waals surface area (Å²) >= 11 is 0. The van der Waals surface area contributed by atoms with E-state index in [2.05, 4.69) is 9.97 Å². The fraction of sp³-hybridized carbons (Fsp3) is 0.0714. The molecule has 0 aliphatic carbocycles. The monoisotopic (exact) mass is 293 g/mol. The number of rotatable bonds is 2. The Labute approximate surface area is 117 Å². The predicted octanol–water partition coefficient (Wildman–Crippen LogP) is 3.96. The summed E-state index contributed by atoms with van der Waals surface area (Å²) in [5, 5.41) is 0. The summed E-state index contributed by atoms with van der Waals surface area (Å²) in [6.07, 6.45) is -4.49. The van der Waals surface area contributed by atoms with Crippen molar-refractivity contribution in [2.45, 2.75) is 6.18 Å². The van der Waals surface area contributed by atoms with Crippen LogP contribution < -0.4 is 10.5 Å². The molecule has 0 fully saturated rings. The molecule has 0 saturated carbocycles. The van der Waals surface area contributed by atoms with Crippen molar-refractivity contribution < 1.29 is 17.9 Å². The summed E-state index contributed by atoms with van der Waals surface area (Å²) in [4.78, 5) is 6.85. The van der Waals surface area contributed by atoms with Crippen molar-refractivity contribution >= 4 is 16.7 Å². The van der Waals surface area contributed by atoms with Crippen LogP contribution in [0.5, 0.6) is 11.8 Å². The number of imidazole rings is 1. The van der Waals surface area contributed by atoms with Crippen LogP contribution in [0.2, 0.25) is 0 Å². The molecule has 3 N–H and O–H groups in total. The van der Waals surface area contributed by atoms with Gasteiger partial charge in [-0.2, -0.15) is 18.2 Å². The number of aromatic amines is 1. The number of benzene rings is 2. The van der Waals surface area contributed by atoms with Crippen LogP contribution in [0.4, 0.5) is 18.9 Å². The Morgan fingerprint density at radius 2 is 1.86 bits per heavy atom. The van der Waals surface area contributed by atoms with Crippen molar-refractivity contribution in [1.29, 1.82) is 0 Å². The molecule has 0 aliphatic heterocycles. The van der Waals surface area contributed by atoms with Gasteiger partial charge in [-0.15, -0.1) is 0 Å². The van der Waals surface area contributed by atoms with Crippen molar-refractivity contribution in [3.05, 3.63) is 48.0 Å². The number of nitrogens with one attached hydrogen (secondary N) is 1. The van der Waals surface area contributed by atoms with E-state index in [1.54, 1.807) is 18.2 Å². The molecule has 1 aromatic heterocycles. The van der Waals surface area contributed by atoms with E-state index in [1.165, 1.54) is 18.2 Å². The number of ether oxygens (including phenoxy) is 1. The van der Waals surface area contributed by atoms with Gasteiger partial charge in [-0.05, 0) is 30.3 Å². The molecule has 4 nitrogen and oxygen atoms in total. The van der Waals surface area contributed by atoms with Crippen LogP contribution in [0.15, 0.2) is 42.5 Å². The zero-order chi connectivity index (χ0) is 15.0. The molecule has 2 aromatic carbocycles. The highest BCUT2D eigenvalue weighted by molar-refractivity contribution is 5.79. The first kappa shape index (κ1) is 13.3. The first-order valence-electron chi connectivity index (χ1n) is 6.03. The lowest BCUT2D eigenvalue weighted by Crippen LogP contribution is -2.07. The highest BCUT2D eigenvalue weighted by atomic mass is 19.4. The maximum Gasteiger partial charge on any atom is 0.419 e. The van der Waals surface area contributed by atoms with E-state index in [0.29, 0.717) is 16.7 Å². The van der Waals surface area contributed by atoms with E-state index in [1.807, 2.05) is 0 Å². The minimum atomic E-state index is -4.49. The quantitative estimate of drug-likeness (QED) is 0.703. The topological polar surface area (TPSA) is 63.9 Å². The number of nitrogen functional groups attached to an aromatic ring is 1. The smallest absolute Gasteiger partial charge is 0.419 e. The fourth-order valence-electron chi connectivity index (χ4n) is 1.95. The second-order valence-corrected chi connectivity index (χ2v) is 4.41. The standard InChI is InChI=1S/C14H10F3N3O/c15-14(16,17)9-3-1-2-4-12(9)21-13-19-10-6-5-8(18)7-11(10)20-13/h1-7H,18H2,(H,19,20). The van der Waals surface area contributed by atoms with Gasteiger partial charge in [0.2, 0.25) is 0 Å². The van der Waals surface area contributed by atoms with Crippen molar-refractivity contribution in [3.8, 4) is 11.8 Å². The zero-order valence-corrected chi connectivity index (χ0v) is 10.6. The fourth-order valence-corrected chi connectivity index (χ4v) is 1.95. The van der Waals surface area contributed by atoms with Crippen molar-refractivity contribution in [2.75, 3.05) is 5.73 Å². The molecular weight excluding hydrogens is 283 g/mol. The van der Waals surface area contributed by atoms with Gasteiger partial charge < -0.3 is 15.5 Å². The molecule has 1 heterocycles. The number of alkyl halides is 3. The summed E-state index contributed by atoms with van der Waals surface area (Å²) in [6, 6.07) is 9.87. The maximum absolute atomic E-state index is 12.9. The first-order valence-corrected chi connectivity index (χ1v) is 6.03. The van der Waals surface area contributed by atoms with Gasteiger partial charge >= 0.3 is 6.18 Å². The van der Waals surface area contributed by atoms with Crippen LogP contribution in [0, 0.1) is 0 Å². The van der Waals surface area contributed by atoms with Gasteiger partial charge in [0.1, 0.15) is 5.75 Å². The lowest BCUT2D eigenvalue weighted by molar-refractivity contribution is -0.138. The number of hydrogen-bond donors (Lipinski definition) is 2. The molecule has 3 aromatic rings. The number of fused-ring (bicyclic) bond motifs is 1. The van der Waals surface area contributed by atoms with Crippen LogP contribution in [0.25, 0.3) is 11.0 Å². The molecule has 0 atom stereocenters. The molecule has 0 spiro atoms. The van der Waals surface area contributed by atoms with Gasteiger partial charge in [0.25, 0.3) is 6.01 Å². The average molecular weight is 293 g/mol. The largest absolute Gasteiger partial charge is 0.425 e. The number of hydrogen-bond acceptors (Lipinski definition) is 3. The maximum atomic E-state index is 12.9. The number of halogens is 3. The van der Waals surface area contributed by atoms with E-state index < -0.39 is 11.7 Å². The van der Waals surface area contributed by atoms with Gasteiger partial charge in [-0.25, -0.2) is 0 Å². The lowest BCUT2D eigenvalue weighted by atomic mass is 10.2. The van der Waals surface area contributed by atoms with Crippen LogP contribution in [0.3, 0.4) is 0 Å². The molecule has 0 bridgehead atoms. The molecule has 108 valence electrons.